The third-order valence-electron chi connectivity index (χ3n) is 3.26. The molecule has 2 heterocycles. The number of guanidine groups is 1. The van der Waals surface area contributed by atoms with Gasteiger partial charge in [0.15, 0.2) is 5.96 Å². The van der Waals surface area contributed by atoms with Crippen molar-refractivity contribution in [2.45, 2.75) is 13.1 Å². The number of imidazole rings is 1. The first-order valence-electron chi connectivity index (χ1n) is 6.78. The summed E-state index contributed by atoms with van der Waals surface area (Å²) >= 11 is 6.01. The molecule has 0 saturated carbocycles. The molecule has 0 aromatic carbocycles. The first kappa shape index (κ1) is 15.4. The fourth-order valence-corrected chi connectivity index (χ4v) is 2.41. The lowest BCUT2D eigenvalue weighted by atomic mass is 10.4. The number of halogens is 1. The molecule has 21 heavy (non-hydrogen) atoms. The normalized spacial score (nSPS) is 11.7. The first-order valence-corrected chi connectivity index (χ1v) is 7.16. The highest BCUT2D eigenvalue weighted by atomic mass is 35.5. The second-order valence-electron chi connectivity index (χ2n) is 4.89. The number of aromatic nitrogens is 3. The lowest BCUT2D eigenvalue weighted by molar-refractivity contribution is 0.459. The molecule has 0 atom stereocenters. The van der Waals surface area contributed by atoms with Crippen LogP contribution in [0.15, 0.2) is 36.0 Å². The average Bonchev–Trinajstić information content (AvgIpc) is 3.05. The standard InChI is InChI=1S/C14H21ClN6/c1-16-14(18-5-7-21-6-4-17-11-21)20(3)10-13-8-12(15)9-19(13)2/h4,6,8-9,11H,5,7,10H2,1-3H3,(H,16,18). The highest BCUT2D eigenvalue weighted by molar-refractivity contribution is 6.30. The molecule has 0 bridgehead atoms. The molecule has 2 aromatic rings. The molecule has 0 spiro atoms. The Labute approximate surface area is 130 Å². The smallest absolute Gasteiger partial charge is 0.193 e. The Morgan fingerprint density at radius 2 is 2.33 bits per heavy atom. The monoisotopic (exact) mass is 308 g/mol. The zero-order valence-electron chi connectivity index (χ0n) is 12.6. The summed E-state index contributed by atoms with van der Waals surface area (Å²) in [7, 11) is 5.78. The summed E-state index contributed by atoms with van der Waals surface area (Å²) in [6.07, 6.45) is 7.43. The summed E-state index contributed by atoms with van der Waals surface area (Å²) in [6.45, 7) is 2.39. The van der Waals surface area contributed by atoms with Gasteiger partial charge in [0.25, 0.3) is 0 Å². The van der Waals surface area contributed by atoms with E-state index in [4.69, 9.17) is 11.6 Å². The van der Waals surface area contributed by atoms with Gasteiger partial charge in [-0.05, 0) is 6.07 Å². The fourth-order valence-electron chi connectivity index (χ4n) is 2.14. The van der Waals surface area contributed by atoms with E-state index in [9.17, 15) is 0 Å². The number of hydrogen-bond donors (Lipinski definition) is 1. The van der Waals surface area contributed by atoms with Crippen molar-refractivity contribution in [2.24, 2.45) is 12.0 Å². The van der Waals surface area contributed by atoms with Gasteiger partial charge in [-0.15, -0.1) is 0 Å². The van der Waals surface area contributed by atoms with E-state index in [1.165, 1.54) is 0 Å². The van der Waals surface area contributed by atoms with Gasteiger partial charge in [0.05, 0.1) is 17.9 Å². The Balaban J connectivity index is 1.86. The van der Waals surface area contributed by atoms with Crippen LogP contribution in [0.3, 0.4) is 0 Å². The predicted molar refractivity (Wildman–Crippen MR) is 85.5 cm³/mol. The number of nitrogens with one attached hydrogen (secondary N) is 1. The van der Waals surface area contributed by atoms with Crippen LogP contribution in [0.4, 0.5) is 0 Å². The van der Waals surface area contributed by atoms with Crippen LogP contribution in [-0.4, -0.2) is 45.6 Å². The lowest BCUT2D eigenvalue weighted by Gasteiger charge is -2.22. The molecular weight excluding hydrogens is 288 g/mol. The highest BCUT2D eigenvalue weighted by Gasteiger charge is 2.09. The van der Waals surface area contributed by atoms with Gasteiger partial charge in [-0.25, -0.2) is 4.98 Å². The Kier molecular flexibility index (Phi) is 5.27. The van der Waals surface area contributed by atoms with Crippen molar-refractivity contribution in [3.05, 3.63) is 41.7 Å². The third kappa shape index (κ3) is 4.26. The maximum absolute atomic E-state index is 6.01. The van der Waals surface area contributed by atoms with E-state index in [0.29, 0.717) is 0 Å². The molecule has 0 aliphatic carbocycles. The van der Waals surface area contributed by atoms with Gasteiger partial charge in [0.1, 0.15) is 0 Å². The lowest BCUT2D eigenvalue weighted by Crippen LogP contribution is -2.40. The minimum absolute atomic E-state index is 0.744. The molecule has 2 rings (SSSR count). The van der Waals surface area contributed by atoms with Crippen molar-refractivity contribution in [1.29, 1.82) is 0 Å². The Hall–Kier alpha value is -1.95. The van der Waals surface area contributed by atoms with Crippen LogP contribution in [-0.2, 0) is 20.1 Å². The highest BCUT2D eigenvalue weighted by Crippen LogP contribution is 2.14. The molecule has 114 valence electrons. The molecule has 0 aliphatic heterocycles. The van der Waals surface area contributed by atoms with E-state index in [-0.39, 0.29) is 0 Å². The fraction of sp³-hybridized carbons (Fsp3) is 0.429. The van der Waals surface area contributed by atoms with Crippen LogP contribution < -0.4 is 5.32 Å². The van der Waals surface area contributed by atoms with Crippen LogP contribution in [0.25, 0.3) is 0 Å². The number of aliphatic imine (C=N–C) groups is 1. The van der Waals surface area contributed by atoms with Crippen LogP contribution in [0.5, 0.6) is 0 Å². The quantitative estimate of drug-likeness (QED) is 0.674. The Morgan fingerprint density at radius 3 is 2.90 bits per heavy atom. The molecule has 0 aliphatic rings. The summed E-state index contributed by atoms with van der Waals surface area (Å²) in [5, 5.41) is 4.09. The molecule has 2 aromatic heterocycles. The average molecular weight is 309 g/mol. The number of rotatable bonds is 5. The number of nitrogens with zero attached hydrogens (tertiary/aromatic N) is 5. The maximum Gasteiger partial charge on any atom is 0.193 e. The van der Waals surface area contributed by atoms with E-state index >= 15 is 0 Å². The molecule has 0 fully saturated rings. The van der Waals surface area contributed by atoms with Crippen molar-refractivity contribution in [1.82, 2.24) is 24.3 Å². The molecule has 0 amide bonds. The maximum atomic E-state index is 6.01. The SMILES string of the molecule is CN=C(NCCn1ccnc1)N(C)Cc1cc(Cl)cn1C. The van der Waals surface area contributed by atoms with Crippen LogP contribution in [0, 0.1) is 0 Å². The minimum atomic E-state index is 0.744. The van der Waals surface area contributed by atoms with E-state index in [1.54, 1.807) is 19.6 Å². The van der Waals surface area contributed by atoms with Gasteiger partial charge in [0, 0.05) is 58.5 Å². The van der Waals surface area contributed by atoms with Crippen LogP contribution in [0.1, 0.15) is 5.69 Å². The van der Waals surface area contributed by atoms with Crippen molar-refractivity contribution < 1.29 is 0 Å². The second kappa shape index (κ2) is 7.17. The molecular formula is C14H21ClN6. The Bertz CT molecular complexity index is 587. The summed E-state index contributed by atoms with van der Waals surface area (Å²) in [5.41, 5.74) is 1.14. The van der Waals surface area contributed by atoms with Crippen molar-refractivity contribution >= 4 is 17.6 Å². The second-order valence-corrected chi connectivity index (χ2v) is 5.33. The van der Waals surface area contributed by atoms with E-state index < -0.39 is 0 Å². The summed E-state index contributed by atoms with van der Waals surface area (Å²) in [5.74, 6) is 0.854. The van der Waals surface area contributed by atoms with Gasteiger partial charge in [-0.2, -0.15) is 0 Å². The first-order chi connectivity index (χ1) is 10.1. The van der Waals surface area contributed by atoms with Crippen LogP contribution in [0.2, 0.25) is 5.02 Å². The molecule has 6 nitrogen and oxygen atoms in total. The van der Waals surface area contributed by atoms with Gasteiger partial charge in [-0.1, -0.05) is 11.6 Å². The van der Waals surface area contributed by atoms with E-state index in [1.807, 2.05) is 41.7 Å². The summed E-state index contributed by atoms with van der Waals surface area (Å²) in [4.78, 5) is 10.4. The van der Waals surface area contributed by atoms with Crippen LogP contribution >= 0.6 is 11.6 Å². The van der Waals surface area contributed by atoms with Crippen molar-refractivity contribution in [3.8, 4) is 0 Å². The van der Waals surface area contributed by atoms with E-state index in [0.717, 1.165) is 36.3 Å². The Morgan fingerprint density at radius 1 is 1.52 bits per heavy atom. The number of hydrogen-bond acceptors (Lipinski definition) is 2. The topological polar surface area (TPSA) is 50.4 Å². The van der Waals surface area contributed by atoms with Gasteiger partial charge in [0.2, 0.25) is 0 Å². The molecule has 7 heteroatoms. The summed E-state index contributed by atoms with van der Waals surface area (Å²) in [6, 6.07) is 1.97. The molecule has 0 unspecified atom stereocenters. The molecule has 0 saturated heterocycles. The molecule has 1 N–H and O–H groups in total. The predicted octanol–water partition coefficient (Wildman–Crippen LogP) is 1.58. The largest absolute Gasteiger partial charge is 0.354 e. The van der Waals surface area contributed by atoms with Crippen molar-refractivity contribution in [3.63, 3.8) is 0 Å². The van der Waals surface area contributed by atoms with Gasteiger partial charge < -0.3 is 19.4 Å². The zero-order valence-corrected chi connectivity index (χ0v) is 13.4. The number of aryl methyl sites for hydroxylation is 1. The summed E-state index contributed by atoms with van der Waals surface area (Å²) < 4.78 is 4.05. The minimum Gasteiger partial charge on any atom is -0.354 e. The van der Waals surface area contributed by atoms with Crippen molar-refractivity contribution in [2.75, 3.05) is 20.6 Å². The van der Waals surface area contributed by atoms with E-state index in [2.05, 4.69) is 20.2 Å². The third-order valence-corrected chi connectivity index (χ3v) is 3.47. The zero-order chi connectivity index (χ0) is 15.2. The van der Waals surface area contributed by atoms with Gasteiger partial charge in [-0.3, -0.25) is 4.99 Å². The molecule has 0 radical (unpaired) electrons. The van der Waals surface area contributed by atoms with Gasteiger partial charge >= 0.3 is 0 Å².